The van der Waals surface area contributed by atoms with Crippen LogP contribution < -0.4 is 5.73 Å². The van der Waals surface area contributed by atoms with Crippen LogP contribution in [0.25, 0.3) is 0 Å². The van der Waals surface area contributed by atoms with E-state index in [4.69, 9.17) is 5.73 Å². The molecule has 1 amide bonds. The maximum Gasteiger partial charge on any atom is 0.256 e. The van der Waals surface area contributed by atoms with Crippen LogP contribution >= 0.6 is 0 Å². The summed E-state index contributed by atoms with van der Waals surface area (Å²) in [5.41, 5.74) is 5.73. The number of rotatable bonds is 4. The first kappa shape index (κ1) is 14.6. The van der Waals surface area contributed by atoms with Gasteiger partial charge < -0.3 is 10.6 Å². The van der Waals surface area contributed by atoms with Crippen LogP contribution in [0.5, 0.6) is 0 Å². The Morgan fingerprint density at radius 3 is 2.56 bits per heavy atom. The highest BCUT2D eigenvalue weighted by molar-refractivity contribution is 5.94. The Hall–Kier alpha value is -1.49. The third-order valence-corrected chi connectivity index (χ3v) is 2.75. The van der Waals surface area contributed by atoms with Gasteiger partial charge >= 0.3 is 0 Å². The normalized spacial score (nSPS) is 12.3. The first-order valence-electron chi connectivity index (χ1n) is 5.79. The Balaban J connectivity index is 2.87. The summed E-state index contributed by atoms with van der Waals surface area (Å²) in [4.78, 5) is 13.4. The van der Waals surface area contributed by atoms with Crippen LogP contribution in [-0.4, -0.2) is 30.4 Å². The number of halogens is 2. The molecule has 1 aromatic rings. The second kappa shape index (κ2) is 5.91. The number of carbonyl (C=O) groups excluding carboxylic acids is 1. The van der Waals surface area contributed by atoms with Gasteiger partial charge in [-0.1, -0.05) is 0 Å². The Labute approximate surface area is 106 Å². The minimum Gasteiger partial charge on any atom is -0.342 e. The van der Waals surface area contributed by atoms with E-state index in [0.717, 1.165) is 6.07 Å². The van der Waals surface area contributed by atoms with E-state index in [9.17, 15) is 13.6 Å². The number of aryl methyl sites for hydroxylation is 1. The van der Waals surface area contributed by atoms with E-state index in [1.807, 2.05) is 6.92 Å². The molecule has 3 nitrogen and oxygen atoms in total. The fourth-order valence-electron chi connectivity index (χ4n) is 1.53. The quantitative estimate of drug-likeness (QED) is 0.896. The molecule has 0 aliphatic rings. The fraction of sp³-hybridized carbons (Fsp3) is 0.462. The highest BCUT2D eigenvalue weighted by Gasteiger charge is 2.18. The van der Waals surface area contributed by atoms with E-state index in [2.05, 4.69) is 0 Å². The summed E-state index contributed by atoms with van der Waals surface area (Å²) in [6.45, 7) is 3.76. The molecule has 0 aliphatic heterocycles. The lowest BCUT2D eigenvalue weighted by atomic mass is 10.1. The zero-order chi connectivity index (χ0) is 13.9. The summed E-state index contributed by atoms with van der Waals surface area (Å²) in [6.07, 6.45) is 0.629. The second-order valence-electron chi connectivity index (χ2n) is 4.57. The predicted molar refractivity (Wildman–Crippen MR) is 66.3 cm³/mol. The molecule has 0 bridgehead atoms. The number of nitrogens with two attached hydrogens (primary N) is 1. The second-order valence-corrected chi connectivity index (χ2v) is 4.57. The van der Waals surface area contributed by atoms with Crippen molar-refractivity contribution in [2.45, 2.75) is 26.3 Å². The van der Waals surface area contributed by atoms with Gasteiger partial charge in [0.05, 0.1) is 5.56 Å². The van der Waals surface area contributed by atoms with Crippen molar-refractivity contribution in [1.82, 2.24) is 4.90 Å². The van der Waals surface area contributed by atoms with E-state index in [-0.39, 0.29) is 17.2 Å². The molecule has 0 aromatic heterocycles. The molecule has 0 saturated carbocycles. The molecule has 18 heavy (non-hydrogen) atoms. The van der Waals surface area contributed by atoms with Crippen molar-refractivity contribution in [3.8, 4) is 0 Å². The van der Waals surface area contributed by atoms with Gasteiger partial charge in [-0.05, 0) is 31.9 Å². The molecule has 0 fully saturated rings. The van der Waals surface area contributed by atoms with Crippen LogP contribution in [0.3, 0.4) is 0 Å². The zero-order valence-corrected chi connectivity index (χ0v) is 10.8. The number of amides is 1. The van der Waals surface area contributed by atoms with Crippen molar-refractivity contribution in [2.24, 2.45) is 5.73 Å². The van der Waals surface area contributed by atoms with E-state index in [1.165, 1.54) is 17.9 Å². The van der Waals surface area contributed by atoms with Crippen LogP contribution in [0.1, 0.15) is 29.3 Å². The topological polar surface area (TPSA) is 46.3 Å². The van der Waals surface area contributed by atoms with Crippen molar-refractivity contribution in [2.75, 3.05) is 13.6 Å². The summed E-state index contributed by atoms with van der Waals surface area (Å²) >= 11 is 0. The number of benzene rings is 1. The van der Waals surface area contributed by atoms with Crippen LogP contribution in [0, 0.1) is 18.6 Å². The smallest absolute Gasteiger partial charge is 0.256 e. The molecule has 0 saturated heterocycles. The minimum atomic E-state index is -0.837. The lowest BCUT2D eigenvalue weighted by molar-refractivity contribution is 0.0787. The first-order chi connectivity index (χ1) is 8.32. The molecule has 0 heterocycles. The number of carbonyl (C=O) groups is 1. The number of nitrogens with zero attached hydrogens (tertiary/aromatic N) is 1. The molecule has 1 unspecified atom stereocenters. The monoisotopic (exact) mass is 256 g/mol. The van der Waals surface area contributed by atoms with Gasteiger partial charge in [-0.2, -0.15) is 0 Å². The molecule has 5 heteroatoms. The molecule has 1 aromatic carbocycles. The molecular weight excluding hydrogens is 238 g/mol. The third kappa shape index (κ3) is 3.50. The molecule has 100 valence electrons. The molecule has 0 radical (unpaired) electrons. The van der Waals surface area contributed by atoms with Gasteiger partial charge in [0.25, 0.3) is 5.91 Å². The van der Waals surface area contributed by atoms with E-state index < -0.39 is 17.5 Å². The predicted octanol–water partition coefficient (Wildman–Crippen LogP) is 2.08. The van der Waals surface area contributed by atoms with Crippen LogP contribution in [0.2, 0.25) is 0 Å². The van der Waals surface area contributed by atoms with Crippen LogP contribution in [0.4, 0.5) is 8.78 Å². The Bertz CT molecular complexity index is 447. The first-order valence-corrected chi connectivity index (χ1v) is 5.79. The average Bonchev–Trinajstić information content (AvgIpc) is 2.29. The summed E-state index contributed by atoms with van der Waals surface area (Å²) < 4.78 is 26.6. The van der Waals surface area contributed by atoms with E-state index in [0.29, 0.717) is 13.0 Å². The molecule has 2 N–H and O–H groups in total. The molecular formula is C13H18F2N2O. The van der Waals surface area contributed by atoms with Crippen molar-refractivity contribution in [3.05, 3.63) is 34.9 Å². The SMILES string of the molecule is Cc1cc(C(=O)N(C)CCC(C)N)c(F)cc1F. The van der Waals surface area contributed by atoms with Gasteiger partial charge in [-0.25, -0.2) is 8.78 Å². The highest BCUT2D eigenvalue weighted by atomic mass is 19.1. The van der Waals surface area contributed by atoms with Gasteiger partial charge in [-0.3, -0.25) is 4.79 Å². The maximum absolute atomic E-state index is 13.5. The van der Waals surface area contributed by atoms with Gasteiger partial charge in [0.1, 0.15) is 11.6 Å². The van der Waals surface area contributed by atoms with Crippen molar-refractivity contribution < 1.29 is 13.6 Å². The average molecular weight is 256 g/mol. The summed E-state index contributed by atoms with van der Waals surface area (Å²) in [6, 6.07) is 1.94. The number of hydrogen-bond acceptors (Lipinski definition) is 2. The lowest BCUT2D eigenvalue weighted by Gasteiger charge is -2.19. The summed E-state index contributed by atoms with van der Waals surface area (Å²) in [5, 5.41) is 0. The summed E-state index contributed by atoms with van der Waals surface area (Å²) in [5.74, 6) is -1.95. The molecule has 1 atom stereocenters. The number of hydrogen-bond donors (Lipinski definition) is 1. The zero-order valence-electron chi connectivity index (χ0n) is 10.8. The molecule has 1 rings (SSSR count). The van der Waals surface area contributed by atoms with Crippen molar-refractivity contribution in [1.29, 1.82) is 0 Å². The highest BCUT2D eigenvalue weighted by Crippen LogP contribution is 2.15. The van der Waals surface area contributed by atoms with Gasteiger partial charge in [0.2, 0.25) is 0 Å². The van der Waals surface area contributed by atoms with Crippen molar-refractivity contribution >= 4 is 5.91 Å². The fourth-order valence-corrected chi connectivity index (χ4v) is 1.53. The third-order valence-electron chi connectivity index (χ3n) is 2.75. The van der Waals surface area contributed by atoms with Crippen molar-refractivity contribution in [3.63, 3.8) is 0 Å². The lowest BCUT2D eigenvalue weighted by Crippen LogP contribution is -2.31. The Morgan fingerprint density at radius 1 is 1.39 bits per heavy atom. The standard InChI is InChI=1S/C13H18F2N2O/c1-8-6-10(12(15)7-11(8)14)13(18)17(3)5-4-9(2)16/h6-7,9H,4-5,16H2,1-3H3. The minimum absolute atomic E-state index is 0.0277. The van der Waals surface area contributed by atoms with E-state index in [1.54, 1.807) is 7.05 Å². The maximum atomic E-state index is 13.5. The van der Waals surface area contributed by atoms with E-state index >= 15 is 0 Å². The van der Waals surface area contributed by atoms with Gasteiger partial charge in [-0.15, -0.1) is 0 Å². The Morgan fingerprint density at radius 2 is 2.00 bits per heavy atom. The summed E-state index contributed by atoms with van der Waals surface area (Å²) in [7, 11) is 1.57. The van der Waals surface area contributed by atoms with Gasteiger partial charge in [0.15, 0.2) is 0 Å². The van der Waals surface area contributed by atoms with Crippen LogP contribution in [0.15, 0.2) is 12.1 Å². The Kier molecular flexibility index (Phi) is 4.78. The molecule has 0 spiro atoms. The van der Waals surface area contributed by atoms with Crippen LogP contribution in [-0.2, 0) is 0 Å². The van der Waals surface area contributed by atoms with Gasteiger partial charge in [0, 0.05) is 25.7 Å². The largest absolute Gasteiger partial charge is 0.342 e. The molecule has 0 aliphatic carbocycles.